The molecule has 0 radical (unpaired) electrons. The predicted octanol–water partition coefficient (Wildman–Crippen LogP) is 1.92. The van der Waals surface area contributed by atoms with Crippen molar-refractivity contribution in [2.24, 2.45) is 16.8 Å². The van der Waals surface area contributed by atoms with Gasteiger partial charge in [0.2, 0.25) is 0 Å². The molecule has 1 aromatic rings. The Kier molecular flexibility index (Phi) is 4.42. The van der Waals surface area contributed by atoms with Gasteiger partial charge in [-0.1, -0.05) is 19.0 Å². The number of hydrogen-bond acceptors (Lipinski definition) is 4. The fourth-order valence-corrected chi connectivity index (χ4v) is 1.83. The summed E-state index contributed by atoms with van der Waals surface area (Å²) in [6.45, 7) is 4.33. The number of thioether (sulfide) groups is 1. The summed E-state index contributed by atoms with van der Waals surface area (Å²) in [4.78, 5) is 5.09. The van der Waals surface area contributed by atoms with E-state index in [1.54, 1.807) is 18.0 Å². The second kappa shape index (κ2) is 5.60. The standard InChI is InChI=1S/C10H15N3OS/c1-7(2)6-15-8-3-4-12-9(5-8)10(11)13-14/h3-5,7,14H,6H2,1-2H3,(H2,11,13). The van der Waals surface area contributed by atoms with E-state index in [0.29, 0.717) is 11.6 Å². The van der Waals surface area contributed by atoms with Gasteiger partial charge in [-0.25, -0.2) is 0 Å². The van der Waals surface area contributed by atoms with Crippen molar-refractivity contribution < 1.29 is 5.21 Å². The molecule has 0 aliphatic carbocycles. The molecule has 0 fully saturated rings. The Bertz CT molecular complexity index is 352. The summed E-state index contributed by atoms with van der Waals surface area (Å²) in [6.07, 6.45) is 1.66. The molecule has 0 bridgehead atoms. The number of oxime groups is 1. The van der Waals surface area contributed by atoms with Gasteiger partial charge >= 0.3 is 0 Å². The minimum atomic E-state index is 0.0435. The smallest absolute Gasteiger partial charge is 0.188 e. The maximum absolute atomic E-state index is 8.51. The molecule has 1 aromatic heterocycles. The molecule has 0 aliphatic rings. The molecular formula is C10H15N3OS. The number of pyridine rings is 1. The van der Waals surface area contributed by atoms with Crippen LogP contribution in [0.25, 0.3) is 0 Å². The van der Waals surface area contributed by atoms with E-state index in [1.807, 2.05) is 12.1 Å². The molecule has 0 amide bonds. The zero-order valence-corrected chi connectivity index (χ0v) is 9.66. The number of nitrogens with zero attached hydrogens (tertiary/aromatic N) is 2. The number of hydrogen-bond donors (Lipinski definition) is 2. The summed E-state index contributed by atoms with van der Waals surface area (Å²) < 4.78 is 0. The van der Waals surface area contributed by atoms with Crippen LogP contribution in [0.1, 0.15) is 19.5 Å². The molecule has 82 valence electrons. The Morgan fingerprint density at radius 2 is 2.40 bits per heavy atom. The molecule has 5 heteroatoms. The van der Waals surface area contributed by atoms with E-state index >= 15 is 0 Å². The molecule has 0 unspecified atom stereocenters. The van der Waals surface area contributed by atoms with E-state index in [-0.39, 0.29) is 5.84 Å². The first-order valence-corrected chi connectivity index (χ1v) is 5.68. The zero-order chi connectivity index (χ0) is 11.3. The molecule has 0 aliphatic heterocycles. The Labute approximate surface area is 93.6 Å². The molecule has 0 spiro atoms. The first-order valence-electron chi connectivity index (χ1n) is 4.70. The summed E-state index contributed by atoms with van der Waals surface area (Å²) in [5, 5.41) is 11.4. The lowest BCUT2D eigenvalue weighted by molar-refractivity contribution is 0.318. The van der Waals surface area contributed by atoms with Crippen LogP contribution in [0.5, 0.6) is 0 Å². The van der Waals surface area contributed by atoms with Gasteiger partial charge in [-0.15, -0.1) is 11.8 Å². The van der Waals surface area contributed by atoms with Crippen molar-refractivity contribution in [1.82, 2.24) is 4.98 Å². The molecule has 4 nitrogen and oxygen atoms in total. The maximum Gasteiger partial charge on any atom is 0.188 e. The lowest BCUT2D eigenvalue weighted by Gasteiger charge is -2.05. The largest absolute Gasteiger partial charge is 0.409 e. The van der Waals surface area contributed by atoms with E-state index in [2.05, 4.69) is 24.0 Å². The van der Waals surface area contributed by atoms with Crippen molar-refractivity contribution >= 4 is 17.6 Å². The van der Waals surface area contributed by atoms with Crippen molar-refractivity contribution in [3.05, 3.63) is 24.0 Å². The van der Waals surface area contributed by atoms with E-state index in [1.165, 1.54) is 0 Å². The second-order valence-corrected chi connectivity index (χ2v) is 4.66. The SMILES string of the molecule is CC(C)CSc1ccnc(C(N)=NO)c1. The van der Waals surface area contributed by atoms with Crippen LogP contribution in [0.4, 0.5) is 0 Å². The Balaban J connectivity index is 2.74. The van der Waals surface area contributed by atoms with Crippen molar-refractivity contribution in [2.75, 3.05) is 5.75 Å². The van der Waals surface area contributed by atoms with Gasteiger partial charge in [0.1, 0.15) is 5.69 Å². The molecular weight excluding hydrogens is 210 g/mol. The number of rotatable bonds is 4. The van der Waals surface area contributed by atoms with Gasteiger partial charge in [0.15, 0.2) is 5.84 Å². The quantitative estimate of drug-likeness (QED) is 0.270. The monoisotopic (exact) mass is 225 g/mol. The molecule has 0 saturated heterocycles. The molecule has 1 heterocycles. The highest BCUT2D eigenvalue weighted by Crippen LogP contribution is 2.20. The topological polar surface area (TPSA) is 71.5 Å². The fraction of sp³-hybridized carbons (Fsp3) is 0.400. The van der Waals surface area contributed by atoms with Crippen LogP contribution in [0.3, 0.4) is 0 Å². The van der Waals surface area contributed by atoms with Gasteiger partial charge in [-0.3, -0.25) is 4.98 Å². The predicted molar refractivity (Wildman–Crippen MR) is 62.3 cm³/mol. The third kappa shape index (κ3) is 3.79. The Hall–Kier alpha value is -1.23. The highest BCUT2D eigenvalue weighted by molar-refractivity contribution is 7.99. The third-order valence-electron chi connectivity index (χ3n) is 1.68. The van der Waals surface area contributed by atoms with Crippen molar-refractivity contribution in [2.45, 2.75) is 18.7 Å². The van der Waals surface area contributed by atoms with Crippen molar-refractivity contribution in [3.63, 3.8) is 0 Å². The number of amidine groups is 1. The van der Waals surface area contributed by atoms with Gasteiger partial charge in [-0.05, 0) is 18.1 Å². The van der Waals surface area contributed by atoms with Crippen LogP contribution in [0.2, 0.25) is 0 Å². The highest BCUT2D eigenvalue weighted by atomic mass is 32.2. The highest BCUT2D eigenvalue weighted by Gasteiger charge is 2.03. The normalized spacial score (nSPS) is 12.1. The summed E-state index contributed by atoms with van der Waals surface area (Å²) in [5.74, 6) is 1.72. The average molecular weight is 225 g/mol. The number of aromatic nitrogens is 1. The third-order valence-corrected chi connectivity index (χ3v) is 3.11. The van der Waals surface area contributed by atoms with Crippen molar-refractivity contribution in [3.8, 4) is 0 Å². The zero-order valence-electron chi connectivity index (χ0n) is 8.84. The molecule has 1 rings (SSSR count). The van der Waals surface area contributed by atoms with E-state index in [0.717, 1.165) is 10.6 Å². The van der Waals surface area contributed by atoms with Crippen LogP contribution in [-0.2, 0) is 0 Å². The van der Waals surface area contributed by atoms with Gasteiger partial charge < -0.3 is 10.9 Å². The van der Waals surface area contributed by atoms with Gasteiger partial charge in [0.25, 0.3) is 0 Å². The van der Waals surface area contributed by atoms with Crippen LogP contribution in [0.15, 0.2) is 28.4 Å². The van der Waals surface area contributed by atoms with Crippen LogP contribution in [-0.4, -0.2) is 21.8 Å². The van der Waals surface area contributed by atoms with Gasteiger partial charge in [0.05, 0.1) is 0 Å². The van der Waals surface area contributed by atoms with E-state index in [9.17, 15) is 0 Å². The lowest BCUT2D eigenvalue weighted by Crippen LogP contribution is -2.14. The second-order valence-electron chi connectivity index (χ2n) is 3.57. The minimum absolute atomic E-state index is 0.0435. The van der Waals surface area contributed by atoms with Gasteiger partial charge in [0, 0.05) is 16.8 Å². The molecule has 15 heavy (non-hydrogen) atoms. The molecule has 0 saturated carbocycles. The number of nitrogens with two attached hydrogens (primary N) is 1. The molecule has 0 atom stereocenters. The maximum atomic E-state index is 8.51. The Morgan fingerprint density at radius 3 is 3.00 bits per heavy atom. The van der Waals surface area contributed by atoms with E-state index in [4.69, 9.17) is 10.9 Å². The molecule has 3 N–H and O–H groups in total. The molecule has 0 aromatic carbocycles. The lowest BCUT2D eigenvalue weighted by atomic mass is 10.3. The van der Waals surface area contributed by atoms with Crippen LogP contribution >= 0.6 is 11.8 Å². The van der Waals surface area contributed by atoms with E-state index < -0.39 is 0 Å². The van der Waals surface area contributed by atoms with Crippen LogP contribution < -0.4 is 5.73 Å². The minimum Gasteiger partial charge on any atom is -0.409 e. The van der Waals surface area contributed by atoms with Crippen molar-refractivity contribution in [1.29, 1.82) is 0 Å². The first kappa shape index (κ1) is 11.8. The van der Waals surface area contributed by atoms with Gasteiger partial charge in [-0.2, -0.15) is 0 Å². The summed E-state index contributed by atoms with van der Waals surface area (Å²) in [6, 6.07) is 3.74. The summed E-state index contributed by atoms with van der Waals surface area (Å²) >= 11 is 1.74. The van der Waals surface area contributed by atoms with Crippen LogP contribution in [0, 0.1) is 5.92 Å². The summed E-state index contributed by atoms with van der Waals surface area (Å²) in [7, 11) is 0. The Morgan fingerprint density at radius 1 is 1.67 bits per heavy atom. The summed E-state index contributed by atoms with van der Waals surface area (Å²) in [5.41, 5.74) is 5.95. The average Bonchev–Trinajstić information content (AvgIpc) is 2.25. The first-order chi connectivity index (χ1) is 7.13. The fourth-order valence-electron chi connectivity index (χ4n) is 0.955.